The number of nitriles is 1. The Bertz CT molecular complexity index is 832. The largest absolute Gasteiger partial charge is 0.464 e. The first-order valence-corrected chi connectivity index (χ1v) is 7.98. The van der Waals surface area contributed by atoms with E-state index in [2.05, 4.69) is 4.90 Å². The van der Waals surface area contributed by atoms with Gasteiger partial charge in [0, 0.05) is 25.0 Å². The van der Waals surface area contributed by atoms with E-state index in [0.717, 1.165) is 31.6 Å². The zero-order valence-corrected chi connectivity index (χ0v) is 14.0. The molecule has 3 rings (SSSR count). The van der Waals surface area contributed by atoms with Crippen molar-refractivity contribution in [3.8, 4) is 11.8 Å². The number of rotatable bonds is 3. The first-order chi connectivity index (χ1) is 11.6. The summed E-state index contributed by atoms with van der Waals surface area (Å²) in [4.78, 5) is 14.3. The molecule has 1 aromatic heterocycles. The monoisotopic (exact) mass is 344 g/mol. The molecular formula is C17H17ClN4O2. The summed E-state index contributed by atoms with van der Waals surface area (Å²) < 4.78 is 6.32. The van der Waals surface area contributed by atoms with Gasteiger partial charge in [0.25, 0.3) is 0 Å². The number of benzene rings is 1. The van der Waals surface area contributed by atoms with Gasteiger partial charge in [0.1, 0.15) is 6.07 Å². The van der Waals surface area contributed by atoms with Gasteiger partial charge in [-0.15, -0.1) is 0 Å². The summed E-state index contributed by atoms with van der Waals surface area (Å²) in [5.74, 6) is -0.603. The van der Waals surface area contributed by atoms with Gasteiger partial charge in [0.2, 0.25) is 0 Å². The number of carbonyl (C=O) groups is 1. The van der Waals surface area contributed by atoms with Crippen LogP contribution in [0.4, 0.5) is 11.4 Å². The lowest BCUT2D eigenvalue weighted by atomic mass is 10.2. The molecule has 1 saturated heterocycles. The van der Waals surface area contributed by atoms with Gasteiger partial charge in [-0.1, -0.05) is 11.6 Å². The van der Waals surface area contributed by atoms with Gasteiger partial charge in [0.05, 0.1) is 29.1 Å². The summed E-state index contributed by atoms with van der Waals surface area (Å²) in [6, 6.07) is 7.52. The SMILES string of the molecule is COC(=O)c1c(N)c(C#N)cn1-c1ccc(N2CCCC2)c(Cl)c1. The van der Waals surface area contributed by atoms with Crippen LogP contribution in [0.3, 0.4) is 0 Å². The Kier molecular flexibility index (Phi) is 4.36. The van der Waals surface area contributed by atoms with Crippen LogP contribution in [0.25, 0.3) is 5.69 Å². The van der Waals surface area contributed by atoms with Gasteiger partial charge in [-0.05, 0) is 31.0 Å². The van der Waals surface area contributed by atoms with E-state index in [1.165, 1.54) is 13.3 Å². The van der Waals surface area contributed by atoms with Crippen molar-refractivity contribution in [1.82, 2.24) is 4.57 Å². The minimum absolute atomic E-state index is 0.101. The van der Waals surface area contributed by atoms with Gasteiger partial charge in [-0.3, -0.25) is 0 Å². The fourth-order valence-corrected chi connectivity index (χ4v) is 3.27. The van der Waals surface area contributed by atoms with Crippen LogP contribution in [-0.2, 0) is 4.74 Å². The second kappa shape index (κ2) is 6.46. The number of hydrogen-bond donors (Lipinski definition) is 1. The number of aromatic nitrogens is 1. The summed E-state index contributed by atoms with van der Waals surface area (Å²) in [5.41, 5.74) is 7.97. The quantitative estimate of drug-likeness (QED) is 0.865. The number of methoxy groups -OCH3 is 1. The summed E-state index contributed by atoms with van der Waals surface area (Å²) in [6.45, 7) is 1.98. The third-order valence-electron chi connectivity index (χ3n) is 4.20. The van der Waals surface area contributed by atoms with Gasteiger partial charge >= 0.3 is 5.97 Å². The Morgan fingerprint density at radius 1 is 1.38 bits per heavy atom. The summed E-state index contributed by atoms with van der Waals surface area (Å²) >= 11 is 6.44. The first kappa shape index (κ1) is 16.2. The molecule has 1 aliphatic heterocycles. The summed E-state index contributed by atoms with van der Waals surface area (Å²) in [5, 5.41) is 9.77. The molecule has 1 aromatic carbocycles. The predicted molar refractivity (Wildman–Crippen MR) is 92.7 cm³/mol. The Morgan fingerprint density at radius 2 is 2.08 bits per heavy atom. The molecule has 0 bridgehead atoms. The number of hydrogen-bond acceptors (Lipinski definition) is 5. The molecule has 124 valence electrons. The van der Waals surface area contributed by atoms with E-state index in [0.29, 0.717) is 10.7 Å². The maximum Gasteiger partial charge on any atom is 0.357 e. The van der Waals surface area contributed by atoms with E-state index in [-0.39, 0.29) is 16.9 Å². The average Bonchev–Trinajstić information content (AvgIpc) is 3.21. The van der Waals surface area contributed by atoms with E-state index in [1.807, 2.05) is 18.2 Å². The van der Waals surface area contributed by atoms with Crippen LogP contribution < -0.4 is 10.6 Å². The molecule has 0 spiro atoms. The minimum atomic E-state index is -0.603. The Labute approximate surface area is 145 Å². The van der Waals surface area contributed by atoms with Gasteiger partial charge in [-0.2, -0.15) is 5.26 Å². The second-order valence-corrected chi connectivity index (χ2v) is 6.02. The van der Waals surface area contributed by atoms with Crippen molar-refractivity contribution in [2.45, 2.75) is 12.8 Å². The van der Waals surface area contributed by atoms with Gasteiger partial charge in [0.15, 0.2) is 5.69 Å². The zero-order valence-electron chi connectivity index (χ0n) is 13.3. The Balaban J connectivity index is 2.07. The van der Waals surface area contributed by atoms with Crippen LogP contribution in [0.5, 0.6) is 0 Å². The normalized spacial score (nSPS) is 13.8. The minimum Gasteiger partial charge on any atom is -0.464 e. The molecule has 0 atom stereocenters. The highest BCUT2D eigenvalue weighted by atomic mass is 35.5. The van der Waals surface area contributed by atoms with Crippen LogP contribution in [0.2, 0.25) is 5.02 Å². The maximum absolute atomic E-state index is 12.0. The molecule has 0 unspecified atom stereocenters. The molecule has 24 heavy (non-hydrogen) atoms. The highest BCUT2D eigenvalue weighted by Crippen LogP contribution is 2.32. The van der Waals surface area contributed by atoms with Crippen LogP contribution in [0, 0.1) is 11.3 Å². The van der Waals surface area contributed by atoms with Crippen molar-refractivity contribution in [3.63, 3.8) is 0 Å². The number of carbonyl (C=O) groups excluding carboxylic acids is 1. The second-order valence-electron chi connectivity index (χ2n) is 5.61. The number of anilines is 2. The molecule has 2 aromatic rings. The highest BCUT2D eigenvalue weighted by Gasteiger charge is 2.22. The molecule has 1 fully saturated rings. The van der Waals surface area contributed by atoms with Gasteiger partial charge in [-0.25, -0.2) is 4.79 Å². The van der Waals surface area contributed by atoms with E-state index < -0.39 is 5.97 Å². The van der Waals surface area contributed by atoms with Crippen molar-refractivity contribution in [1.29, 1.82) is 5.26 Å². The molecule has 1 aliphatic rings. The van der Waals surface area contributed by atoms with Crippen molar-refractivity contribution in [2.75, 3.05) is 30.8 Å². The number of ether oxygens (including phenoxy) is 1. The van der Waals surface area contributed by atoms with Crippen molar-refractivity contribution >= 4 is 28.9 Å². The number of nitrogens with zero attached hydrogens (tertiary/aromatic N) is 3. The van der Waals surface area contributed by atoms with Crippen LogP contribution in [0.15, 0.2) is 24.4 Å². The molecule has 6 nitrogen and oxygen atoms in total. The lowest BCUT2D eigenvalue weighted by molar-refractivity contribution is 0.0593. The maximum atomic E-state index is 12.0. The molecule has 2 heterocycles. The molecule has 0 amide bonds. The van der Waals surface area contributed by atoms with Crippen molar-refractivity contribution < 1.29 is 9.53 Å². The van der Waals surface area contributed by atoms with E-state index >= 15 is 0 Å². The lowest BCUT2D eigenvalue weighted by Crippen LogP contribution is -2.18. The third kappa shape index (κ3) is 2.68. The molecule has 7 heteroatoms. The molecule has 0 saturated carbocycles. The summed E-state index contributed by atoms with van der Waals surface area (Å²) in [7, 11) is 1.27. The number of esters is 1. The fraction of sp³-hybridized carbons (Fsp3) is 0.294. The van der Waals surface area contributed by atoms with Crippen LogP contribution in [0.1, 0.15) is 28.9 Å². The molecule has 2 N–H and O–H groups in total. The van der Waals surface area contributed by atoms with Crippen LogP contribution >= 0.6 is 11.6 Å². The number of nitrogens with two attached hydrogens (primary N) is 1. The molecule has 0 radical (unpaired) electrons. The smallest absolute Gasteiger partial charge is 0.357 e. The van der Waals surface area contributed by atoms with E-state index in [1.54, 1.807) is 10.6 Å². The third-order valence-corrected chi connectivity index (χ3v) is 4.50. The number of halogens is 1. The predicted octanol–water partition coefficient (Wildman–Crippen LogP) is 2.97. The Hall–Kier alpha value is -2.65. The zero-order chi connectivity index (χ0) is 17.3. The van der Waals surface area contributed by atoms with Gasteiger partial charge < -0.3 is 19.9 Å². The van der Waals surface area contributed by atoms with Crippen molar-refractivity contribution in [3.05, 3.63) is 40.7 Å². The van der Waals surface area contributed by atoms with Crippen LogP contribution in [-0.4, -0.2) is 30.7 Å². The average molecular weight is 345 g/mol. The number of nitrogen functional groups attached to an aromatic ring is 1. The van der Waals surface area contributed by atoms with Crippen molar-refractivity contribution in [2.24, 2.45) is 0 Å². The molecule has 0 aliphatic carbocycles. The first-order valence-electron chi connectivity index (χ1n) is 7.61. The highest BCUT2D eigenvalue weighted by molar-refractivity contribution is 6.33. The lowest BCUT2D eigenvalue weighted by Gasteiger charge is -2.20. The van der Waals surface area contributed by atoms with E-state index in [4.69, 9.17) is 22.1 Å². The fourth-order valence-electron chi connectivity index (χ4n) is 2.98. The summed E-state index contributed by atoms with van der Waals surface area (Å²) in [6.07, 6.45) is 3.83. The topological polar surface area (TPSA) is 84.3 Å². The Morgan fingerprint density at radius 3 is 2.67 bits per heavy atom. The van der Waals surface area contributed by atoms with E-state index in [9.17, 15) is 10.1 Å². The standard InChI is InChI=1S/C17H17ClN4O2/c1-24-17(23)16-15(20)11(9-19)10-22(16)12-4-5-14(13(18)8-12)21-6-2-3-7-21/h4-5,8,10H,2-3,6-7,20H2,1H3. The molecular weight excluding hydrogens is 328 g/mol.